The van der Waals surface area contributed by atoms with Gasteiger partial charge >= 0.3 is 0 Å². The van der Waals surface area contributed by atoms with Gasteiger partial charge in [0.2, 0.25) is 0 Å². The van der Waals surface area contributed by atoms with Crippen LogP contribution in [0.1, 0.15) is 0 Å². The molecule has 0 unspecified atom stereocenters. The van der Waals surface area contributed by atoms with Crippen LogP contribution in [-0.4, -0.2) is 9.13 Å². The highest BCUT2D eigenvalue weighted by atomic mass is 15.0. The van der Waals surface area contributed by atoms with Gasteiger partial charge in [0, 0.05) is 38.4 Å². The molecule has 8 aromatic carbocycles. The Hall–Kier alpha value is -6.38. The highest BCUT2D eigenvalue weighted by Crippen LogP contribution is 2.48. The van der Waals surface area contributed by atoms with Crippen molar-refractivity contribution in [1.82, 2.24) is 9.13 Å². The number of fused-ring (bicyclic) bond motifs is 12. The Labute approximate surface area is 277 Å². The second kappa shape index (κ2) is 9.57. The molecule has 11 rings (SSSR count). The Morgan fingerprint density at radius 2 is 0.875 bits per heavy atom. The third-order valence-electron chi connectivity index (χ3n) is 10.4. The predicted molar refractivity (Wildman–Crippen MR) is 202 cm³/mol. The average molecular weight is 609 g/mol. The molecule has 0 radical (unpaired) electrons. The van der Waals surface area contributed by atoms with E-state index in [1.165, 1.54) is 99.1 Å². The zero-order chi connectivity index (χ0) is 31.3. The molecule has 2 aromatic heterocycles. The fourth-order valence-corrected chi connectivity index (χ4v) is 8.31. The van der Waals surface area contributed by atoms with E-state index in [-0.39, 0.29) is 0 Å². The lowest BCUT2D eigenvalue weighted by atomic mass is 9.91. The summed E-state index contributed by atoms with van der Waals surface area (Å²) in [6.07, 6.45) is 0. The summed E-state index contributed by atoms with van der Waals surface area (Å²) in [7, 11) is 0. The van der Waals surface area contributed by atoms with Crippen molar-refractivity contribution in [2.75, 3.05) is 0 Å². The van der Waals surface area contributed by atoms with Crippen LogP contribution in [0.5, 0.6) is 0 Å². The van der Waals surface area contributed by atoms with Crippen molar-refractivity contribution >= 4 is 54.4 Å². The number of hydrogen-bond acceptors (Lipinski definition) is 0. The lowest BCUT2D eigenvalue weighted by Gasteiger charge is -2.13. The first kappa shape index (κ1) is 25.8. The molecule has 0 fully saturated rings. The van der Waals surface area contributed by atoms with Crippen LogP contribution in [-0.2, 0) is 0 Å². The first-order valence-electron chi connectivity index (χ1n) is 16.6. The van der Waals surface area contributed by atoms with Gasteiger partial charge < -0.3 is 9.13 Å². The average Bonchev–Trinajstić information content (AvgIpc) is 3.63. The van der Waals surface area contributed by atoms with Crippen molar-refractivity contribution < 1.29 is 0 Å². The molecular weight excluding hydrogens is 581 g/mol. The van der Waals surface area contributed by atoms with Gasteiger partial charge in [-0.05, 0) is 93.7 Å². The van der Waals surface area contributed by atoms with Crippen LogP contribution in [0.2, 0.25) is 0 Å². The van der Waals surface area contributed by atoms with Crippen LogP contribution in [0.4, 0.5) is 0 Å². The van der Waals surface area contributed by atoms with Gasteiger partial charge in [0.15, 0.2) is 0 Å². The Balaban J connectivity index is 1.17. The molecule has 0 saturated carbocycles. The fraction of sp³-hybridized carbons (Fsp3) is 0. The topological polar surface area (TPSA) is 9.86 Å². The molecule has 10 aromatic rings. The smallest absolute Gasteiger partial charge is 0.0619 e. The molecule has 0 spiro atoms. The van der Waals surface area contributed by atoms with E-state index in [1.54, 1.807) is 0 Å². The third-order valence-corrected chi connectivity index (χ3v) is 10.4. The van der Waals surface area contributed by atoms with Gasteiger partial charge in [-0.15, -0.1) is 0 Å². The lowest BCUT2D eigenvalue weighted by Crippen LogP contribution is -1.95. The van der Waals surface area contributed by atoms with Gasteiger partial charge in [-0.2, -0.15) is 0 Å². The molecule has 0 bridgehead atoms. The Morgan fingerprint density at radius 3 is 1.67 bits per heavy atom. The van der Waals surface area contributed by atoms with Gasteiger partial charge in [0.25, 0.3) is 0 Å². The Morgan fingerprint density at radius 1 is 0.312 bits per heavy atom. The molecule has 0 saturated heterocycles. The second-order valence-corrected chi connectivity index (χ2v) is 13.0. The minimum absolute atomic E-state index is 1.18. The zero-order valence-corrected chi connectivity index (χ0v) is 26.1. The van der Waals surface area contributed by atoms with Crippen LogP contribution in [0.25, 0.3) is 99.1 Å². The summed E-state index contributed by atoms with van der Waals surface area (Å²) in [5.74, 6) is 0. The number of rotatable bonds is 2. The molecular formula is C46H28N2. The van der Waals surface area contributed by atoms with Crippen LogP contribution in [0.15, 0.2) is 170 Å². The van der Waals surface area contributed by atoms with Crippen molar-refractivity contribution in [1.29, 1.82) is 0 Å². The fourth-order valence-electron chi connectivity index (χ4n) is 8.31. The van der Waals surface area contributed by atoms with Crippen LogP contribution in [0.3, 0.4) is 0 Å². The molecule has 222 valence electrons. The first-order valence-corrected chi connectivity index (χ1v) is 16.6. The predicted octanol–water partition coefficient (Wildman–Crippen LogP) is 12.3. The molecule has 0 aliphatic carbocycles. The number of benzene rings is 8. The minimum atomic E-state index is 1.18. The normalized spacial score (nSPS) is 12.2. The molecule has 3 heterocycles. The van der Waals surface area contributed by atoms with Gasteiger partial charge in [0.05, 0.1) is 27.8 Å². The highest BCUT2D eigenvalue weighted by Gasteiger charge is 2.25. The maximum Gasteiger partial charge on any atom is 0.0619 e. The molecule has 0 atom stereocenters. The lowest BCUT2D eigenvalue weighted by molar-refractivity contribution is 1.18. The number of aromatic nitrogens is 2. The standard InChI is InChI=1S/C46H28N2/c1-2-13-33(14-3-1)47-42-19-8-7-16-35(42)40-27-31(21-23-44(40)47)32-22-24-45-41(28-32)37-18-10-17-36-39-26-30-12-5-4-11-29(30)25-38(39)34-15-6-9-20-43(34)48(45)46(36)37/h1-28H. The van der Waals surface area contributed by atoms with Crippen molar-refractivity contribution in [3.05, 3.63) is 170 Å². The minimum Gasteiger partial charge on any atom is -0.309 e. The summed E-state index contributed by atoms with van der Waals surface area (Å²) >= 11 is 0. The van der Waals surface area contributed by atoms with Crippen LogP contribution < -0.4 is 0 Å². The van der Waals surface area contributed by atoms with E-state index in [2.05, 4.69) is 179 Å². The molecule has 0 N–H and O–H groups in total. The van der Waals surface area contributed by atoms with Crippen molar-refractivity contribution in [3.8, 4) is 44.8 Å². The number of nitrogens with zero attached hydrogens (tertiary/aromatic N) is 2. The SMILES string of the molecule is c1ccc(-n2c3ccccc3c3cc(-c4ccc5c(c4)c4cccc6c4n5-c4ccccc4-c4cc5ccccc5cc4-6)ccc32)cc1. The summed E-state index contributed by atoms with van der Waals surface area (Å²) in [6, 6.07) is 62.6. The maximum atomic E-state index is 2.50. The van der Waals surface area contributed by atoms with E-state index in [1.807, 2.05) is 0 Å². The molecule has 1 aliphatic rings. The molecule has 0 amide bonds. The van der Waals surface area contributed by atoms with Gasteiger partial charge in [0.1, 0.15) is 0 Å². The quantitative estimate of drug-likeness (QED) is 0.185. The third kappa shape index (κ3) is 3.46. The zero-order valence-electron chi connectivity index (χ0n) is 26.1. The van der Waals surface area contributed by atoms with Crippen molar-refractivity contribution in [3.63, 3.8) is 0 Å². The first-order chi connectivity index (χ1) is 23.8. The highest BCUT2D eigenvalue weighted by molar-refractivity contribution is 6.18. The molecule has 2 nitrogen and oxygen atoms in total. The Kier molecular flexibility index (Phi) is 5.14. The molecule has 2 heteroatoms. The van der Waals surface area contributed by atoms with E-state index in [0.717, 1.165) is 0 Å². The molecule has 48 heavy (non-hydrogen) atoms. The monoisotopic (exact) mass is 608 g/mol. The summed E-state index contributed by atoms with van der Waals surface area (Å²) in [4.78, 5) is 0. The van der Waals surface area contributed by atoms with E-state index in [0.29, 0.717) is 0 Å². The summed E-state index contributed by atoms with van der Waals surface area (Å²) in [6.45, 7) is 0. The van der Waals surface area contributed by atoms with E-state index in [4.69, 9.17) is 0 Å². The van der Waals surface area contributed by atoms with Crippen LogP contribution in [0, 0.1) is 0 Å². The van der Waals surface area contributed by atoms with Gasteiger partial charge in [-0.3, -0.25) is 0 Å². The van der Waals surface area contributed by atoms with Gasteiger partial charge in [-0.1, -0.05) is 109 Å². The van der Waals surface area contributed by atoms with Crippen molar-refractivity contribution in [2.45, 2.75) is 0 Å². The van der Waals surface area contributed by atoms with Crippen LogP contribution >= 0.6 is 0 Å². The number of hydrogen-bond donors (Lipinski definition) is 0. The van der Waals surface area contributed by atoms with E-state index < -0.39 is 0 Å². The number of para-hydroxylation sites is 4. The molecule has 1 aliphatic heterocycles. The summed E-state index contributed by atoms with van der Waals surface area (Å²) in [5, 5.41) is 7.62. The largest absolute Gasteiger partial charge is 0.309 e. The second-order valence-electron chi connectivity index (χ2n) is 13.0. The summed E-state index contributed by atoms with van der Waals surface area (Å²) in [5.41, 5.74) is 14.9. The summed E-state index contributed by atoms with van der Waals surface area (Å²) < 4.78 is 4.88. The van der Waals surface area contributed by atoms with Crippen molar-refractivity contribution in [2.24, 2.45) is 0 Å². The van der Waals surface area contributed by atoms with E-state index in [9.17, 15) is 0 Å². The Bertz CT molecular complexity index is 2940. The maximum absolute atomic E-state index is 2.50. The van der Waals surface area contributed by atoms with Gasteiger partial charge in [-0.25, -0.2) is 0 Å². The van der Waals surface area contributed by atoms with E-state index >= 15 is 0 Å².